The second-order valence-electron chi connectivity index (χ2n) is 5.01. The summed E-state index contributed by atoms with van der Waals surface area (Å²) in [5, 5.41) is 11.7. The summed E-state index contributed by atoms with van der Waals surface area (Å²) in [6.07, 6.45) is 0.376. The number of benzene rings is 2. The number of nitrogens with two attached hydrogens (primary N) is 1. The van der Waals surface area contributed by atoms with E-state index in [1.807, 2.05) is 37.3 Å². The molecule has 0 aromatic heterocycles. The van der Waals surface area contributed by atoms with Gasteiger partial charge in [0.2, 0.25) is 5.91 Å². The molecule has 0 aliphatic rings. The van der Waals surface area contributed by atoms with Crippen LogP contribution in [0.2, 0.25) is 0 Å². The molecular weight excluding hydrogens is 262 g/mol. The number of anilines is 2. The summed E-state index contributed by atoms with van der Waals surface area (Å²) in [5.74, 6) is 0.0270. The van der Waals surface area contributed by atoms with Gasteiger partial charge in [-0.2, -0.15) is 5.26 Å². The lowest BCUT2D eigenvalue weighted by molar-refractivity contribution is -0.116. The maximum Gasteiger partial charge on any atom is 0.224 e. The van der Waals surface area contributed by atoms with E-state index in [1.54, 1.807) is 24.3 Å². The van der Waals surface area contributed by atoms with E-state index in [0.717, 1.165) is 5.56 Å². The molecule has 2 aromatic rings. The number of hydrogen-bond acceptors (Lipinski definition) is 3. The van der Waals surface area contributed by atoms with Gasteiger partial charge in [0.25, 0.3) is 0 Å². The van der Waals surface area contributed by atoms with Crippen LogP contribution in [0.15, 0.2) is 48.5 Å². The summed E-state index contributed by atoms with van der Waals surface area (Å²) >= 11 is 0. The number of carbonyl (C=O) groups is 1. The Morgan fingerprint density at radius 2 is 2.00 bits per heavy atom. The van der Waals surface area contributed by atoms with E-state index < -0.39 is 0 Å². The minimum Gasteiger partial charge on any atom is -0.399 e. The first-order valence-corrected chi connectivity index (χ1v) is 6.74. The van der Waals surface area contributed by atoms with E-state index in [1.165, 1.54) is 0 Å². The maximum atomic E-state index is 12.0. The third kappa shape index (κ3) is 4.08. The van der Waals surface area contributed by atoms with E-state index in [9.17, 15) is 4.79 Å². The fraction of sp³-hybridized carbons (Fsp3) is 0.176. The third-order valence-electron chi connectivity index (χ3n) is 3.27. The standard InChI is InChI=1S/C17H17N3O/c1-12(14-5-7-15(19)8-6-14)9-17(21)20-16-4-2-3-13(10-16)11-18/h2-8,10,12H,9,19H2,1H3,(H,20,21). The van der Waals surface area contributed by atoms with Crippen LogP contribution >= 0.6 is 0 Å². The molecule has 0 radical (unpaired) electrons. The predicted molar refractivity (Wildman–Crippen MR) is 83.7 cm³/mol. The van der Waals surface area contributed by atoms with Gasteiger partial charge in [0.05, 0.1) is 11.6 Å². The van der Waals surface area contributed by atoms with Crippen molar-refractivity contribution < 1.29 is 4.79 Å². The lowest BCUT2D eigenvalue weighted by Gasteiger charge is -2.12. The highest BCUT2D eigenvalue weighted by atomic mass is 16.1. The molecule has 1 unspecified atom stereocenters. The first-order chi connectivity index (χ1) is 10.1. The van der Waals surface area contributed by atoms with Crippen LogP contribution < -0.4 is 11.1 Å². The smallest absolute Gasteiger partial charge is 0.224 e. The van der Waals surface area contributed by atoms with E-state index in [0.29, 0.717) is 23.4 Å². The Bertz CT molecular complexity index is 671. The summed E-state index contributed by atoms with van der Waals surface area (Å²) in [6.45, 7) is 2.00. The van der Waals surface area contributed by atoms with E-state index >= 15 is 0 Å². The quantitative estimate of drug-likeness (QED) is 0.843. The van der Waals surface area contributed by atoms with Gasteiger partial charge in [-0.1, -0.05) is 25.1 Å². The zero-order chi connectivity index (χ0) is 15.2. The summed E-state index contributed by atoms with van der Waals surface area (Å²) in [4.78, 5) is 12.0. The zero-order valence-corrected chi connectivity index (χ0v) is 11.8. The molecule has 4 nitrogen and oxygen atoms in total. The predicted octanol–water partition coefficient (Wildman–Crippen LogP) is 3.27. The number of amides is 1. The van der Waals surface area contributed by atoms with Crippen molar-refractivity contribution >= 4 is 17.3 Å². The zero-order valence-electron chi connectivity index (χ0n) is 11.8. The second kappa shape index (κ2) is 6.58. The number of carbonyl (C=O) groups excluding carboxylic acids is 1. The average Bonchev–Trinajstić information content (AvgIpc) is 2.47. The molecule has 0 saturated carbocycles. The molecule has 0 spiro atoms. The van der Waals surface area contributed by atoms with Gasteiger partial charge < -0.3 is 11.1 Å². The van der Waals surface area contributed by atoms with Crippen molar-refractivity contribution in [2.75, 3.05) is 11.1 Å². The summed E-state index contributed by atoms with van der Waals surface area (Å²) in [6, 6.07) is 16.5. The Balaban J connectivity index is 1.98. The van der Waals surface area contributed by atoms with Crippen LogP contribution in [0.3, 0.4) is 0 Å². The van der Waals surface area contributed by atoms with Crippen molar-refractivity contribution in [2.24, 2.45) is 0 Å². The molecule has 0 saturated heterocycles. The first-order valence-electron chi connectivity index (χ1n) is 6.74. The Kier molecular flexibility index (Phi) is 4.57. The van der Waals surface area contributed by atoms with Gasteiger partial charge in [0.15, 0.2) is 0 Å². The lowest BCUT2D eigenvalue weighted by Crippen LogP contribution is -2.14. The highest BCUT2D eigenvalue weighted by Crippen LogP contribution is 2.21. The largest absolute Gasteiger partial charge is 0.399 e. The third-order valence-corrected chi connectivity index (χ3v) is 3.27. The normalized spacial score (nSPS) is 11.4. The molecule has 2 aromatic carbocycles. The Hall–Kier alpha value is -2.80. The van der Waals surface area contributed by atoms with Crippen molar-refractivity contribution in [3.05, 3.63) is 59.7 Å². The highest BCUT2D eigenvalue weighted by molar-refractivity contribution is 5.91. The fourth-order valence-electron chi connectivity index (χ4n) is 2.10. The van der Waals surface area contributed by atoms with Crippen molar-refractivity contribution in [1.82, 2.24) is 0 Å². The van der Waals surface area contributed by atoms with Crippen LogP contribution in [0.4, 0.5) is 11.4 Å². The summed E-state index contributed by atoms with van der Waals surface area (Å²) < 4.78 is 0. The first kappa shape index (κ1) is 14.6. The van der Waals surface area contributed by atoms with Crippen LogP contribution in [0.5, 0.6) is 0 Å². The molecule has 0 heterocycles. The molecule has 2 rings (SSSR count). The van der Waals surface area contributed by atoms with Gasteiger partial charge in [-0.3, -0.25) is 4.79 Å². The van der Waals surface area contributed by atoms with E-state index in [-0.39, 0.29) is 11.8 Å². The number of rotatable bonds is 4. The number of nitriles is 1. The van der Waals surface area contributed by atoms with Crippen molar-refractivity contribution in [3.63, 3.8) is 0 Å². The SMILES string of the molecule is CC(CC(=O)Nc1cccc(C#N)c1)c1ccc(N)cc1. The molecule has 0 aliphatic carbocycles. The Morgan fingerprint density at radius 3 is 2.67 bits per heavy atom. The fourth-order valence-corrected chi connectivity index (χ4v) is 2.10. The van der Waals surface area contributed by atoms with Crippen molar-refractivity contribution in [1.29, 1.82) is 5.26 Å². The van der Waals surface area contributed by atoms with Crippen LogP contribution in [0.25, 0.3) is 0 Å². The number of nitrogen functional groups attached to an aromatic ring is 1. The van der Waals surface area contributed by atoms with Gasteiger partial charge in [-0.05, 0) is 41.8 Å². The van der Waals surface area contributed by atoms with Crippen LogP contribution in [0, 0.1) is 11.3 Å². The topological polar surface area (TPSA) is 78.9 Å². The molecule has 1 atom stereocenters. The molecule has 0 bridgehead atoms. The minimum absolute atomic E-state index is 0.0746. The average molecular weight is 279 g/mol. The number of hydrogen-bond donors (Lipinski definition) is 2. The highest BCUT2D eigenvalue weighted by Gasteiger charge is 2.11. The summed E-state index contributed by atoms with van der Waals surface area (Å²) in [7, 11) is 0. The van der Waals surface area contributed by atoms with Crippen molar-refractivity contribution in [3.8, 4) is 6.07 Å². The molecule has 0 fully saturated rings. The molecule has 4 heteroatoms. The number of nitrogens with zero attached hydrogens (tertiary/aromatic N) is 1. The van der Waals surface area contributed by atoms with Gasteiger partial charge in [0.1, 0.15) is 0 Å². The van der Waals surface area contributed by atoms with Gasteiger partial charge in [0, 0.05) is 17.8 Å². The number of nitrogens with one attached hydrogen (secondary N) is 1. The lowest BCUT2D eigenvalue weighted by atomic mass is 9.97. The van der Waals surface area contributed by atoms with Crippen LogP contribution in [-0.2, 0) is 4.79 Å². The monoisotopic (exact) mass is 279 g/mol. The molecule has 106 valence electrons. The second-order valence-corrected chi connectivity index (χ2v) is 5.01. The van der Waals surface area contributed by atoms with Crippen LogP contribution in [0.1, 0.15) is 30.4 Å². The Morgan fingerprint density at radius 1 is 1.29 bits per heavy atom. The molecule has 0 aliphatic heterocycles. The van der Waals surface area contributed by atoms with E-state index in [4.69, 9.17) is 11.0 Å². The van der Waals surface area contributed by atoms with Crippen molar-refractivity contribution in [2.45, 2.75) is 19.3 Å². The van der Waals surface area contributed by atoms with Gasteiger partial charge >= 0.3 is 0 Å². The molecular formula is C17H17N3O. The van der Waals surface area contributed by atoms with Gasteiger partial charge in [-0.25, -0.2) is 0 Å². The molecule has 3 N–H and O–H groups in total. The molecule has 1 amide bonds. The van der Waals surface area contributed by atoms with Gasteiger partial charge in [-0.15, -0.1) is 0 Å². The molecule has 21 heavy (non-hydrogen) atoms. The minimum atomic E-state index is -0.0746. The maximum absolute atomic E-state index is 12.0. The summed E-state index contributed by atoms with van der Waals surface area (Å²) in [5.41, 5.74) is 8.61. The van der Waals surface area contributed by atoms with Crippen LogP contribution in [-0.4, -0.2) is 5.91 Å². The Labute approximate surface area is 124 Å². The van der Waals surface area contributed by atoms with E-state index in [2.05, 4.69) is 5.32 Å².